The summed E-state index contributed by atoms with van der Waals surface area (Å²) in [5.41, 5.74) is 1.33. The molecule has 0 aromatic carbocycles. The first-order valence-corrected chi connectivity index (χ1v) is 8.19. The van der Waals surface area contributed by atoms with Crippen molar-refractivity contribution in [1.29, 1.82) is 0 Å². The smallest absolute Gasteiger partial charge is 0.122 e. The lowest BCUT2D eigenvalue weighted by Crippen LogP contribution is -2.27. The van der Waals surface area contributed by atoms with E-state index in [4.69, 9.17) is 4.98 Å². The highest BCUT2D eigenvalue weighted by atomic mass is 15.1. The summed E-state index contributed by atoms with van der Waals surface area (Å²) in [7, 11) is 2.03. The van der Waals surface area contributed by atoms with E-state index in [-0.39, 0.29) is 5.41 Å². The molecule has 0 aliphatic carbocycles. The van der Waals surface area contributed by atoms with E-state index in [0.717, 1.165) is 25.5 Å². The van der Waals surface area contributed by atoms with Crippen molar-refractivity contribution in [3.8, 4) is 0 Å². The Balaban J connectivity index is 1.67. The number of hydrogen-bond donors (Lipinski definition) is 1. The molecule has 2 aromatic rings. The minimum atomic E-state index is 0.120. The molecule has 0 unspecified atom stereocenters. The van der Waals surface area contributed by atoms with Gasteiger partial charge in [-0.25, -0.2) is 9.97 Å². The van der Waals surface area contributed by atoms with Crippen molar-refractivity contribution in [3.05, 3.63) is 35.9 Å². The number of aryl methyl sites for hydroxylation is 2. The third-order valence-corrected chi connectivity index (χ3v) is 4.49. The third kappa shape index (κ3) is 3.09. The van der Waals surface area contributed by atoms with Gasteiger partial charge < -0.3 is 14.5 Å². The Kier molecular flexibility index (Phi) is 4.08. The summed E-state index contributed by atoms with van der Waals surface area (Å²) in [6.45, 7) is 9.58. The number of nitrogens with zero attached hydrogens (tertiary/aromatic N) is 4. The second-order valence-corrected chi connectivity index (χ2v) is 7.35. The highest BCUT2D eigenvalue weighted by molar-refractivity contribution is 5.17. The van der Waals surface area contributed by atoms with E-state index in [2.05, 4.69) is 46.4 Å². The van der Waals surface area contributed by atoms with Gasteiger partial charge in [0.05, 0.1) is 12.2 Å². The lowest BCUT2D eigenvalue weighted by Gasteiger charge is -2.23. The first-order valence-electron chi connectivity index (χ1n) is 8.19. The molecule has 2 aromatic heterocycles. The molecule has 3 heterocycles. The zero-order valence-corrected chi connectivity index (χ0v) is 14.1. The normalized spacial score (nSPS) is 18.5. The van der Waals surface area contributed by atoms with Crippen LogP contribution in [-0.4, -0.2) is 25.6 Å². The van der Waals surface area contributed by atoms with E-state index >= 15 is 0 Å². The van der Waals surface area contributed by atoms with Gasteiger partial charge in [-0.1, -0.05) is 20.8 Å². The van der Waals surface area contributed by atoms with Crippen LogP contribution in [0.15, 0.2) is 18.6 Å². The molecule has 0 amide bonds. The average Bonchev–Trinajstić information content (AvgIpc) is 3.05. The molecule has 0 saturated carbocycles. The number of aromatic nitrogens is 4. The largest absolute Gasteiger partial charge is 0.337 e. The average molecular weight is 301 g/mol. The van der Waals surface area contributed by atoms with Gasteiger partial charge in [0.2, 0.25) is 0 Å². The Morgan fingerprint density at radius 3 is 2.86 bits per heavy atom. The predicted octanol–water partition coefficient (Wildman–Crippen LogP) is 2.58. The van der Waals surface area contributed by atoms with Gasteiger partial charge in [-0.05, 0) is 12.8 Å². The highest BCUT2D eigenvalue weighted by Gasteiger charge is 2.26. The summed E-state index contributed by atoms with van der Waals surface area (Å²) >= 11 is 0. The van der Waals surface area contributed by atoms with Gasteiger partial charge in [0.25, 0.3) is 0 Å². The molecule has 0 saturated heterocycles. The fourth-order valence-electron chi connectivity index (χ4n) is 3.05. The molecule has 0 spiro atoms. The van der Waals surface area contributed by atoms with Gasteiger partial charge in [0.1, 0.15) is 11.6 Å². The predicted molar refractivity (Wildman–Crippen MR) is 87.8 cm³/mol. The van der Waals surface area contributed by atoms with E-state index in [9.17, 15) is 0 Å². The summed E-state index contributed by atoms with van der Waals surface area (Å²) in [5.74, 6) is 2.84. The molecule has 3 rings (SSSR count). The van der Waals surface area contributed by atoms with Crippen LogP contribution in [0.5, 0.6) is 0 Å². The highest BCUT2D eigenvalue weighted by Crippen LogP contribution is 2.30. The van der Waals surface area contributed by atoms with E-state index in [1.54, 1.807) is 0 Å². The van der Waals surface area contributed by atoms with Crippen molar-refractivity contribution in [1.82, 2.24) is 24.4 Å². The van der Waals surface area contributed by atoms with Crippen LogP contribution in [0.4, 0.5) is 0 Å². The maximum atomic E-state index is 4.94. The van der Waals surface area contributed by atoms with Gasteiger partial charge in [-0.3, -0.25) is 0 Å². The Bertz CT molecular complexity index is 632. The Hall–Kier alpha value is -1.62. The Morgan fingerprint density at radius 1 is 1.36 bits per heavy atom. The molecule has 5 nitrogen and oxygen atoms in total. The van der Waals surface area contributed by atoms with Gasteiger partial charge in [-0.15, -0.1) is 0 Å². The summed E-state index contributed by atoms with van der Waals surface area (Å²) in [4.78, 5) is 9.30. The van der Waals surface area contributed by atoms with E-state index < -0.39 is 0 Å². The van der Waals surface area contributed by atoms with E-state index in [1.807, 2.05) is 19.4 Å². The van der Waals surface area contributed by atoms with Gasteiger partial charge in [-0.2, -0.15) is 0 Å². The third-order valence-electron chi connectivity index (χ3n) is 4.49. The first kappa shape index (κ1) is 15.3. The quantitative estimate of drug-likeness (QED) is 0.944. The van der Waals surface area contributed by atoms with Crippen LogP contribution in [0.1, 0.15) is 56.9 Å². The van der Waals surface area contributed by atoms with Crippen molar-refractivity contribution in [2.75, 3.05) is 6.54 Å². The van der Waals surface area contributed by atoms with Crippen LogP contribution in [0.3, 0.4) is 0 Å². The lowest BCUT2D eigenvalue weighted by atomic mass is 9.93. The Labute approximate surface area is 132 Å². The van der Waals surface area contributed by atoms with Gasteiger partial charge in [0.15, 0.2) is 0 Å². The van der Waals surface area contributed by atoms with Gasteiger partial charge in [0, 0.05) is 50.1 Å². The van der Waals surface area contributed by atoms with Crippen LogP contribution in [0.25, 0.3) is 0 Å². The van der Waals surface area contributed by atoms with E-state index in [1.165, 1.54) is 24.4 Å². The summed E-state index contributed by atoms with van der Waals surface area (Å²) in [5, 5.41) is 3.55. The second kappa shape index (κ2) is 5.88. The minimum Gasteiger partial charge on any atom is -0.337 e. The van der Waals surface area contributed by atoms with Crippen molar-refractivity contribution >= 4 is 0 Å². The molecule has 1 atom stereocenters. The van der Waals surface area contributed by atoms with Gasteiger partial charge >= 0.3 is 0 Å². The molecule has 5 heteroatoms. The van der Waals surface area contributed by atoms with Crippen LogP contribution in [0, 0.1) is 0 Å². The first-order chi connectivity index (χ1) is 10.4. The number of fused-ring (bicyclic) bond motifs is 1. The molecular weight excluding hydrogens is 274 g/mol. The topological polar surface area (TPSA) is 47.7 Å². The zero-order valence-electron chi connectivity index (χ0n) is 14.1. The molecule has 0 fully saturated rings. The molecule has 120 valence electrons. The van der Waals surface area contributed by atoms with E-state index in [0.29, 0.717) is 5.92 Å². The molecule has 1 aliphatic rings. The lowest BCUT2D eigenvalue weighted by molar-refractivity contribution is 0.420. The molecule has 1 N–H and O–H groups in total. The summed E-state index contributed by atoms with van der Waals surface area (Å²) in [6, 6.07) is 0. The molecule has 1 aliphatic heterocycles. The number of hydrogen-bond acceptors (Lipinski definition) is 3. The minimum absolute atomic E-state index is 0.120. The summed E-state index contributed by atoms with van der Waals surface area (Å²) < 4.78 is 4.42. The van der Waals surface area contributed by atoms with Crippen LogP contribution in [0.2, 0.25) is 0 Å². The maximum absolute atomic E-state index is 4.94. The van der Waals surface area contributed by atoms with Crippen LogP contribution in [-0.2, 0) is 25.6 Å². The second-order valence-electron chi connectivity index (χ2n) is 7.35. The Morgan fingerprint density at radius 2 is 2.18 bits per heavy atom. The fourth-order valence-corrected chi connectivity index (χ4v) is 3.05. The number of rotatable bonds is 4. The summed E-state index contributed by atoms with van der Waals surface area (Å²) in [6.07, 6.45) is 8.54. The van der Waals surface area contributed by atoms with Crippen LogP contribution < -0.4 is 5.32 Å². The fraction of sp³-hybridized carbons (Fsp3) is 0.647. The number of nitrogens with one attached hydrogen (secondary N) is 1. The standard InChI is InChI=1S/C17H27N5/c1-17(2,3)14-12-22-8-5-6-13(16(22)20-14)10-18-11-15-19-7-9-21(15)4/h7,9,12-13,18H,5-6,8,10-11H2,1-4H3/t13-/m0/s1. The molecular formula is C17H27N5. The number of imidazole rings is 2. The van der Waals surface area contributed by atoms with Crippen molar-refractivity contribution < 1.29 is 0 Å². The monoisotopic (exact) mass is 301 g/mol. The van der Waals surface area contributed by atoms with Crippen molar-refractivity contribution in [2.45, 2.75) is 58.0 Å². The SMILES string of the molecule is Cn1ccnc1CNC[C@@H]1CCCn2cc(C(C)(C)C)nc21. The molecule has 0 bridgehead atoms. The van der Waals surface area contributed by atoms with Crippen LogP contribution >= 0.6 is 0 Å². The molecule has 0 radical (unpaired) electrons. The maximum Gasteiger partial charge on any atom is 0.122 e. The van der Waals surface area contributed by atoms with Crippen molar-refractivity contribution in [2.24, 2.45) is 7.05 Å². The zero-order chi connectivity index (χ0) is 15.7. The molecule has 22 heavy (non-hydrogen) atoms. The van der Waals surface area contributed by atoms with Crippen molar-refractivity contribution in [3.63, 3.8) is 0 Å².